The minimum Gasteiger partial charge on any atom is -0.495 e. The van der Waals surface area contributed by atoms with Crippen LogP contribution in [0.2, 0.25) is 0 Å². The van der Waals surface area contributed by atoms with Gasteiger partial charge in [0.15, 0.2) is 0 Å². The van der Waals surface area contributed by atoms with Crippen LogP contribution in [-0.4, -0.2) is 35.0 Å². The van der Waals surface area contributed by atoms with E-state index in [0.29, 0.717) is 41.1 Å². The molecule has 0 bridgehead atoms. The van der Waals surface area contributed by atoms with Crippen molar-refractivity contribution in [3.63, 3.8) is 0 Å². The van der Waals surface area contributed by atoms with Gasteiger partial charge in [-0.15, -0.1) is 0 Å². The fourth-order valence-electron chi connectivity index (χ4n) is 2.22. The van der Waals surface area contributed by atoms with Gasteiger partial charge in [0.2, 0.25) is 11.8 Å². The summed E-state index contributed by atoms with van der Waals surface area (Å²) >= 11 is 0. The minimum absolute atomic E-state index is 0.376. The fraction of sp³-hybridized carbons (Fsp3) is 0.188. The van der Waals surface area contributed by atoms with Crippen LogP contribution in [0.25, 0.3) is 11.0 Å². The van der Waals surface area contributed by atoms with Crippen molar-refractivity contribution in [3.8, 4) is 11.6 Å². The largest absolute Gasteiger partial charge is 0.495 e. The van der Waals surface area contributed by atoms with Gasteiger partial charge < -0.3 is 19.8 Å². The van der Waals surface area contributed by atoms with E-state index in [1.807, 2.05) is 13.0 Å². The van der Waals surface area contributed by atoms with Crippen LogP contribution in [0, 0.1) is 0 Å². The van der Waals surface area contributed by atoms with Crippen LogP contribution in [0.3, 0.4) is 0 Å². The molecule has 0 aliphatic carbocycles. The molecule has 7 heteroatoms. The highest BCUT2D eigenvalue weighted by Gasteiger charge is 2.12. The third kappa shape index (κ3) is 2.94. The number of aldehydes is 1. The van der Waals surface area contributed by atoms with Crippen LogP contribution >= 0.6 is 0 Å². The molecule has 2 aromatic heterocycles. The molecule has 0 atom stereocenters. The number of fused-ring (bicyclic) bond motifs is 1. The second-order valence-corrected chi connectivity index (χ2v) is 4.73. The van der Waals surface area contributed by atoms with E-state index in [2.05, 4.69) is 20.3 Å². The molecule has 0 saturated carbocycles. The lowest BCUT2D eigenvalue weighted by atomic mass is 10.2. The molecule has 0 saturated heterocycles. The Kier molecular flexibility index (Phi) is 4.09. The van der Waals surface area contributed by atoms with Crippen molar-refractivity contribution in [1.82, 2.24) is 15.0 Å². The predicted octanol–water partition coefficient (Wildman–Crippen LogP) is 2.92. The zero-order valence-corrected chi connectivity index (χ0v) is 12.8. The van der Waals surface area contributed by atoms with Crippen LogP contribution in [0.15, 0.2) is 30.5 Å². The van der Waals surface area contributed by atoms with Gasteiger partial charge >= 0.3 is 0 Å². The van der Waals surface area contributed by atoms with E-state index in [-0.39, 0.29) is 0 Å². The first-order chi connectivity index (χ1) is 11.2. The number of nitrogens with one attached hydrogen (secondary N) is 2. The summed E-state index contributed by atoms with van der Waals surface area (Å²) in [6, 6.07) is 6.94. The Hall–Kier alpha value is -3.09. The Morgan fingerprint density at radius 1 is 1.30 bits per heavy atom. The number of anilines is 2. The molecule has 2 heterocycles. The van der Waals surface area contributed by atoms with E-state index >= 15 is 0 Å². The zero-order chi connectivity index (χ0) is 16.2. The maximum atomic E-state index is 10.9. The number of methoxy groups -OCH3 is 1. The molecule has 0 spiro atoms. The van der Waals surface area contributed by atoms with Crippen LogP contribution in [0.4, 0.5) is 11.6 Å². The van der Waals surface area contributed by atoms with Crippen LogP contribution in [0.1, 0.15) is 17.3 Å². The standard InChI is InChI=1S/C16H16N4O3/c1-3-23-15-11-6-7-17-14(11)19-16(20-15)18-12-5-4-10(9-21)8-13(12)22-2/h4-9H,3H2,1-2H3,(H2,17,18,19,20). The van der Waals surface area contributed by atoms with Crippen LogP contribution in [0.5, 0.6) is 11.6 Å². The number of ether oxygens (including phenoxy) is 2. The average Bonchev–Trinajstić information content (AvgIpc) is 3.04. The SMILES string of the molecule is CCOc1nc(Nc2ccc(C=O)cc2OC)nc2[nH]ccc12. The van der Waals surface area contributed by atoms with Crippen molar-refractivity contribution in [2.24, 2.45) is 0 Å². The van der Waals surface area contributed by atoms with E-state index < -0.39 is 0 Å². The molecule has 118 valence electrons. The molecule has 7 nitrogen and oxygen atoms in total. The smallest absolute Gasteiger partial charge is 0.232 e. The summed E-state index contributed by atoms with van der Waals surface area (Å²) in [4.78, 5) is 22.7. The molecule has 3 rings (SSSR count). The van der Waals surface area contributed by atoms with Gasteiger partial charge in [-0.3, -0.25) is 4.79 Å². The molecular weight excluding hydrogens is 296 g/mol. The molecule has 0 aliphatic heterocycles. The molecule has 23 heavy (non-hydrogen) atoms. The summed E-state index contributed by atoms with van der Waals surface area (Å²) in [6.07, 6.45) is 2.55. The number of hydrogen-bond donors (Lipinski definition) is 2. The lowest BCUT2D eigenvalue weighted by molar-refractivity contribution is 0.112. The van der Waals surface area contributed by atoms with Gasteiger partial charge in [-0.2, -0.15) is 9.97 Å². The molecule has 0 aliphatic rings. The fourth-order valence-corrected chi connectivity index (χ4v) is 2.22. The summed E-state index contributed by atoms with van der Waals surface area (Å²) in [5, 5.41) is 3.91. The number of carbonyl (C=O) groups is 1. The lowest BCUT2D eigenvalue weighted by Gasteiger charge is -2.11. The molecule has 0 amide bonds. The molecule has 3 aromatic rings. The van der Waals surface area contributed by atoms with Crippen molar-refractivity contribution in [1.29, 1.82) is 0 Å². The van der Waals surface area contributed by atoms with E-state index in [0.717, 1.165) is 11.7 Å². The summed E-state index contributed by atoms with van der Waals surface area (Å²) in [5.41, 5.74) is 1.86. The quantitative estimate of drug-likeness (QED) is 0.680. The number of carbonyl (C=O) groups excluding carboxylic acids is 1. The highest BCUT2D eigenvalue weighted by atomic mass is 16.5. The minimum atomic E-state index is 0.376. The Labute approximate surface area is 132 Å². The third-order valence-electron chi connectivity index (χ3n) is 3.27. The van der Waals surface area contributed by atoms with Gasteiger partial charge in [0.25, 0.3) is 0 Å². The first-order valence-corrected chi connectivity index (χ1v) is 7.13. The average molecular weight is 312 g/mol. The first kappa shape index (κ1) is 14.8. The Balaban J connectivity index is 1.99. The van der Waals surface area contributed by atoms with Gasteiger partial charge in [0.05, 0.1) is 24.8 Å². The van der Waals surface area contributed by atoms with Gasteiger partial charge in [0.1, 0.15) is 17.7 Å². The Bertz CT molecular complexity index is 844. The maximum absolute atomic E-state index is 10.9. The summed E-state index contributed by atoms with van der Waals surface area (Å²) in [6.45, 7) is 2.41. The van der Waals surface area contributed by atoms with Gasteiger partial charge in [0, 0.05) is 11.8 Å². The highest BCUT2D eigenvalue weighted by molar-refractivity contribution is 5.83. The van der Waals surface area contributed by atoms with Gasteiger partial charge in [-0.25, -0.2) is 0 Å². The molecule has 0 radical (unpaired) electrons. The Morgan fingerprint density at radius 2 is 2.17 bits per heavy atom. The number of nitrogens with zero attached hydrogens (tertiary/aromatic N) is 2. The van der Waals surface area contributed by atoms with Crippen LogP contribution < -0.4 is 14.8 Å². The molecule has 0 unspecified atom stereocenters. The molecular formula is C16H16N4O3. The maximum Gasteiger partial charge on any atom is 0.232 e. The summed E-state index contributed by atoms with van der Waals surface area (Å²) in [7, 11) is 1.54. The van der Waals surface area contributed by atoms with Crippen molar-refractivity contribution >= 4 is 29.0 Å². The van der Waals surface area contributed by atoms with Gasteiger partial charge in [-0.05, 0) is 31.2 Å². The first-order valence-electron chi connectivity index (χ1n) is 7.13. The topological polar surface area (TPSA) is 89.1 Å². The number of aromatic nitrogens is 3. The zero-order valence-electron chi connectivity index (χ0n) is 12.8. The van der Waals surface area contributed by atoms with Crippen molar-refractivity contribution in [2.45, 2.75) is 6.92 Å². The van der Waals surface area contributed by atoms with Gasteiger partial charge in [-0.1, -0.05) is 0 Å². The number of aromatic amines is 1. The lowest BCUT2D eigenvalue weighted by Crippen LogP contribution is -2.03. The predicted molar refractivity (Wildman–Crippen MR) is 86.7 cm³/mol. The van der Waals surface area contributed by atoms with E-state index in [1.165, 1.54) is 7.11 Å². The van der Waals surface area contributed by atoms with E-state index in [9.17, 15) is 4.79 Å². The number of hydrogen-bond acceptors (Lipinski definition) is 6. The second kappa shape index (κ2) is 6.35. The summed E-state index contributed by atoms with van der Waals surface area (Å²) < 4.78 is 10.9. The molecule has 2 N–H and O–H groups in total. The number of rotatable bonds is 6. The normalized spacial score (nSPS) is 10.5. The monoisotopic (exact) mass is 312 g/mol. The van der Waals surface area contributed by atoms with Crippen molar-refractivity contribution in [2.75, 3.05) is 19.0 Å². The van der Waals surface area contributed by atoms with E-state index in [1.54, 1.807) is 24.4 Å². The highest BCUT2D eigenvalue weighted by Crippen LogP contribution is 2.29. The molecule has 0 fully saturated rings. The summed E-state index contributed by atoms with van der Waals surface area (Å²) in [5.74, 6) is 1.41. The van der Waals surface area contributed by atoms with Crippen LogP contribution in [-0.2, 0) is 0 Å². The number of H-pyrrole nitrogens is 1. The molecule has 1 aromatic carbocycles. The second-order valence-electron chi connectivity index (χ2n) is 4.73. The Morgan fingerprint density at radius 3 is 2.91 bits per heavy atom. The third-order valence-corrected chi connectivity index (χ3v) is 3.27. The van der Waals surface area contributed by atoms with Crippen molar-refractivity contribution in [3.05, 3.63) is 36.0 Å². The van der Waals surface area contributed by atoms with Crippen molar-refractivity contribution < 1.29 is 14.3 Å². The number of benzene rings is 1. The van der Waals surface area contributed by atoms with E-state index in [4.69, 9.17) is 9.47 Å².